The fourth-order valence-electron chi connectivity index (χ4n) is 13.2. The van der Waals surface area contributed by atoms with Crippen LogP contribution in [0.4, 0.5) is 39.5 Å². The van der Waals surface area contributed by atoms with Crippen molar-refractivity contribution in [2.45, 2.75) is 12.8 Å². The van der Waals surface area contributed by atoms with Crippen LogP contribution < -0.4 is 5.73 Å². The average molecular weight is 1770 g/mol. The summed E-state index contributed by atoms with van der Waals surface area (Å²) in [6, 6.07) is 79.8. The molecule has 0 radical (unpaired) electrons. The molecular weight excluding hydrogens is 1710 g/mol. The molecule has 0 saturated heterocycles. The molecule has 0 aliphatic carbocycles. The highest BCUT2D eigenvalue weighted by Crippen LogP contribution is 2.39. The molecule has 12 aromatic carbocycles. The van der Waals surface area contributed by atoms with Crippen LogP contribution in [-0.4, -0.2) is 127 Å². The van der Waals surface area contributed by atoms with E-state index in [0.29, 0.717) is 56.4 Å². The minimum absolute atomic E-state index is 0.0175. The molecule has 0 spiro atoms. The van der Waals surface area contributed by atoms with Gasteiger partial charge in [0.15, 0.2) is 29.5 Å². The van der Waals surface area contributed by atoms with E-state index in [2.05, 4.69) is 81.6 Å². The van der Waals surface area contributed by atoms with Crippen molar-refractivity contribution < 1.29 is 82.1 Å². The zero-order chi connectivity index (χ0) is 91.2. The molecular formula is C93H61F9N20O9. The van der Waals surface area contributed by atoms with Gasteiger partial charge in [0.05, 0.1) is 42.0 Å². The van der Waals surface area contributed by atoms with E-state index < -0.39 is 58.6 Å². The molecule has 29 nitrogen and oxygen atoms in total. The van der Waals surface area contributed by atoms with Gasteiger partial charge in [-0.25, -0.2) is 54.7 Å². The number of halogens is 9. The molecule has 0 unspecified atom stereocenters. The predicted molar refractivity (Wildman–Crippen MR) is 454 cm³/mol. The van der Waals surface area contributed by atoms with Crippen molar-refractivity contribution in [2.75, 3.05) is 14.2 Å². The lowest BCUT2D eigenvalue weighted by atomic mass is 10.1. The van der Waals surface area contributed by atoms with E-state index in [4.69, 9.17) is 28.9 Å². The molecule has 0 aliphatic heterocycles. The quantitative estimate of drug-likeness (QED) is 0.0235. The fourth-order valence-corrected chi connectivity index (χ4v) is 13.2. The van der Waals surface area contributed by atoms with E-state index in [9.17, 15) is 54.2 Å². The molecule has 19 aromatic rings. The zero-order valence-electron chi connectivity index (χ0n) is 67.8. The van der Waals surface area contributed by atoms with E-state index in [1.165, 1.54) is 93.6 Å². The van der Waals surface area contributed by atoms with Gasteiger partial charge in [0, 0.05) is 39.4 Å². The second-order valence-corrected chi connectivity index (χ2v) is 27.7. The van der Waals surface area contributed by atoms with E-state index in [1.807, 2.05) is 97.1 Å². The summed E-state index contributed by atoms with van der Waals surface area (Å²) in [4.78, 5) is 41.7. The highest BCUT2D eigenvalue weighted by atomic mass is 19.4. The molecule has 0 amide bonds. The number of esters is 2. The number of carbonyl (C=O) groups is 2. The predicted octanol–water partition coefficient (Wildman–Crippen LogP) is 18.9. The minimum Gasteiger partial charge on any atom is -0.508 e. The number of nitrogens with two attached hydrogens (primary N) is 1. The first-order valence-electron chi connectivity index (χ1n) is 38.9. The van der Waals surface area contributed by atoms with E-state index in [0.717, 1.165) is 35.4 Å². The lowest BCUT2D eigenvalue weighted by molar-refractivity contribution is -0.137. The van der Waals surface area contributed by atoms with Crippen LogP contribution in [0.2, 0.25) is 0 Å². The number of amidine groups is 1. The Bertz CT molecular complexity index is 7340. The van der Waals surface area contributed by atoms with Gasteiger partial charge in [-0.3, -0.25) is 0 Å². The fraction of sp³-hybridized carbons (Fsp3) is 0.0430. The summed E-state index contributed by atoms with van der Waals surface area (Å²) < 4.78 is 157. The molecule has 3 N–H and O–H groups in total. The normalized spacial score (nSPS) is 11.2. The van der Waals surface area contributed by atoms with Crippen LogP contribution in [0, 0.1) is 34.9 Å². The Hall–Kier alpha value is -18.0. The Balaban J connectivity index is 0.000000128. The molecule has 0 saturated carbocycles. The number of para-hydroxylation sites is 4. The number of aromatic hydroxyl groups is 1. The first-order valence-corrected chi connectivity index (χ1v) is 38.9. The zero-order valence-corrected chi connectivity index (χ0v) is 67.8. The van der Waals surface area contributed by atoms with Gasteiger partial charge in [0.1, 0.15) is 91.9 Å². The third-order valence-corrected chi connectivity index (χ3v) is 19.4. The Morgan fingerprint density at radius 3 is 1.16 bits per heavy atom. The first-order chi connectivity index (χ1) is 63.7. The lowest BCUT2D eigenvalue weighted by Crippen LogP contribution is -2.15. The number of phenolic OH excluding ortho intramolecular Hbond substituents is 1. The van der Waals surface area contributed by atoms with Crippen molar-refractivity contribution in [3.63, 3.8) is 0 Å². The van der Waals surface area contributed by atoms with Gasteiger partial charge in [0.2, 0.25) is 17.5 Å². The number of carbonyl (C=O) groups excluding carboxylic acids is 2. The maximum atomic E-state index is 14.7. The minimum atomic E-state index is -4.51. The summed E-state index contributed by atoms with van der Waals surface area (Å²) in [5.74, 6) is -4.78. The van der Waals surface area contributed by atoms with Gasteiger partial charge in [-0.15, -0.1) is 20.4 Å². The molecule has 0 bridgehead atoms. The van der Waals surface area contributed by atoms with Gasteiger partial charge in [-0.2, -0.15) is 28.1 Å². The number of aromatic nitrogens is 18. The highest BCUT2D eigenvalue weighted by Gasteiger charge is 2.33. The molecule has 38 heteroatoms. The van der Waals surface area contributed by atoms with Crippen LogP contribution in [-0.2, 0) is 27.1 Å². The number of nitrogens with zero attached hydrogens (tertiary/aromatic N) is 19. The number of alkyl halides is 3. The average Bonchev–Trinajstić information content (AvgIpc) is 1.63. The Morgan fingerprint density at radius 1 is 0.382 bits per heavy atom. The topological polar surface area (TPSA) is 360 Å². The van der Waals surface area contributed by atoms with E-state index in [1.54, 1.807) is 121 Å². The lowest BCUT2D eigenvalue weighted by Gasteiger charge is -2.09. The number of oxime groups is 1. The summed E-state index contributed by atoms with van der Waals surface area (Å²) in [6.07, 6.45) is -4.51. The van der Waals surface area contributed by atoms with Crippen LogP contribution >= 0.6 is 0 Å². The van der Waals surface area contributed by atoms with Crippen molar-refractivity contribution in [3.05, 3.63) is 366 Å². The maximum absolute atomic E-state index is 14.7. The number of methoxy groups -OCH3 is 2. The van der Waals surface area contributed by atoms with Gasteiger partial charge in [-0.1, -0.05) is 236 Å². The van der Waals surface area contributed by atoms with Crippen molar-refractivity contribution in [3.8, 4) is 142 Å². The smallest absolute Gasteiger partial charge is 0.416 e. The first kappa shape index (κ1) is 86.5. The summed E-state index contributed by atoms with van der Waals surface area (Å²) in [6.45, 7) is -0.140. The second kappa shape index (κ2) is 38.6. The largest absolute Gasteiger partial charge is 0.508 e. The highest BCUT2D eigenvalue weighted by molar-refractivity contribution is 5.97. The van der Waals surface area contributed by atoms with Crippen LogP contribution in [0.1, 0.15) is 37.5 Å². The third-order valence-electron chi connectivity index (χ3n) is 19.4. The maximum Gasteiger partial charge on any atom is 0.416 e. The van der Waals surface area contributed by atoms with Crippen LogP contribution in [0.25, 0.3) is 137 Å². The van der Waals surface area contributed by atoms with E-state index in [-0.39, 0.29) is 110 Å². The third kappa shape index (κ3) is 19.0. The number of benzene rings is 12. The van der Waals surface area contributed by atoms with Gasteiger partial charge >= 0.3 is 18.1 Å². The molecule has 7 heterocycles. The molecule has 0 aliphatic rings. The monoisotopic (exact) mass is 1770 g/mol. The molecule has 19 rings (SSSR count). The summed E-state index contributed by atoms with van der Waals surface area (Å²) in [5, 5.41) is 57.8. The number of rotatable bonds is 20. The number of phenols is 1. The van der Waals surface area contributed by atoms with Crippen molar-refractivity contribution in [2.24, 2.45) is 10.9 Å². The summed E-state index contributed by atoms with van der Waals surface area (Å²) in [5.41, 5.74) is 12.6. The standard InChI is InChI=1S/C24H15F2N5O3.C24H16FN5O3.C23H13F4N5O.C22H17F2N5O2/c1-33-24(32)15-11-12-16(18(26)13-15)22-27-23(34-29-22)20-21(14-7-3-2-4-8-14)31(30-28-20)19-10-6-5-9-17(19)25;1-32-24(31)17-11-7-10-16(14-17)22-26-23(33-28-22)20-21(15-8-3-2-4-9-15)30(29-27-20)19-13-6-5-12-18(19)25;24-17-11-4-5-12-18(17)32-20(14-7-2-1-3-8-14)19(29-31-32)22-28-21(30-33-22)15-9-6-10-16(13-15)23(25,26)27;23-17-8-4-5-9-20(17)29-21(14-6-2-1-3-7-14)19(26-28-29)13-31-27-22(25)16-11-10-15(30)12-18(16)24/h2-13H,1H3;2-14H,1H3;1-13H;1-12,30H,13H2,(H2,25,27). The number of hydrogen-bond donors (Lipinski definition) is 2. The SMILES string of the molecule is COC(=O)c1ccc(-c2noc(-c3nnn(-c4ccccc4F)c3-c3ccccc3)n2)c(F)c1.COC(=O)c1cccc(-c2noc(-c3nnn(-c4ccccc4F)c3-c3ccccc3)n2)c1.Fc1ccccc1-n1nnc(-c2nc(-c3cccc(C(F)(F)F)c3)no2)c1-c1ccccc1.N/C(=N\OCc1nnn(-c2ccccc2F)c1-c1ccccc1)c1ccc(O)cc1F. The van der Waals surface area contributed by atoms with Gasteiger partial charge in [0.25, 0.3) is 17.7 Å². The molecule has 0 atom stereocenters. The second-order valence-electron chi connectivity index (χ2n) is 27.7. The molecule has 7 aromatic heterocycles. The van der Waals surface area contributed by atoms with Crippen LogP contribution in [0.15, 0.2) is 322 Å². The Kier molecular flexibility index (Phi) is 25.5. The number of ether oxygens (including phenoxy) is 2. The Labute approximate surface area is 733 Å². The van der Waals surface area contributed by atoms with Gasteiger partial charge < -0.3 is 38.7 Å². The van der Waals surface area contributed by atoms with Crippen LogP contribution in [0.3, 0.4) is 0 Å². The summed E-state index contributed by atoms with van der Waals surface area (Å²) in [7, 11) is 2.52. The van der Waals surface area contributed by atoms with E-state index >= 15 is 0 Å². The number of hydrogen-bond acceptors (Lipinski definition) is 24. The van der Waals surface area contributed by atoms with Crippen molar-refractivity contribution in [1.29, 1.82) is 0 Å². The van der Waals surface area contributed by atoms with Crippen molar-refractivity contribution in [1.82, 2.24) is 90.4 Å². The molecule has 0 fully saturated rings. The van der Waals surface area contributed by atoms with Crippen LogP contribution in [0.5, 0.6) is 5.75 Å². The van der Waals surface area contributed by atoms with Gasteiger partial charge in [-0.05, 0) is 103 Å². The van der Waals surface area contributed by atoms with Crippen molar-refractivity contribution >= 4 is 17.8 Å². The molecule has 650 valence electrons. The molecule has 131 heavy (non-hydrogen) atoms. The summed E-state index contributed by atoms with van der Waals surface area (Å²) >= 11 is 0. The Morgan fingerprint density at radius 2 is 0.748 bits per heavy atom.